The number of para-hydroxylation sites is 1. The molecule has 0 bridgehead atoms. The Morgan fingerprint density at radius 3 is 2.62 bits per heavy atom. The molecule has 0 aromatic heterocycles. The van der Waals surface area contributed by atoms with Gasteiger partial charge in [-0.3, -0.25) is 4.79 Å². The van der Waals surface area contributed by atoms with E-state index in [1.165, 1.54) is 0 Å². The number of aryl methyl sites for hydroxylation is 1. The molecule has 1 aromatic carbocycles. The van der Waals surface area contributed by atoms with Crippen LogP contribution in [0.15, 0.2) is 24.3 Å². The zero-order chi connectivity index (χ0) is 12.0. The van der Waals surface area contributed by atoms with Gasteiger partial charge in [0.2, 0.25) is 0 Å². The smallest absolute Gasteiger partial charge is 0.316 e. The Morgan fingerprint density at radius 2 is 2.00 bits per heavy atom. The predicted molar refractivity (Wildman–Crippen MR) is 60.2 cm³/mol. The molecule has 0 saturated carbocycles. The van der Waals surface area contributed by atoms with Crippen LogP contribution in [0.5, 0.6) is 0 Å². The summed E-state index contributed by atoms with van der Waals surface area (Å²) in [6, 6.07) is 6.58. The third kappa shape index (κ3) is 4.00. The maximum atomic E-state index is 10.7. The number of carboxylic acids is 1. The minimum Gasteiger partial charge on any atom is -0.481 e. The second-order valence-corrected chi connectivity index (χ2v) is 3.39. The Morgan fingerprint density at radius 1 is 1.31 bits per heavy atom. The molecule has 5 nitrogen and oxygen atoms in total. The minimum absolute atomic E-state index is 0.116. The molecule has 0 unspecified atom stereocenters. The number of urea groups is 1. The van der Waals surface area contributed by atoms with Gasteiger partial charge in [0.05, 0.1) is 0 Å². The molecule has 5 heteroatoms. The number of benzene rings is 1. The first-order chi connectivity index (χ1) is 7.59. The van der Waals surface area contributed by atoms with Gasteiger partial charge < -0.3 is 16.2 Å². The van der Waals surface area contributed by atoms with Crippen molar-refractivity contribution in [3.8, 4) is 0 Å². The number of hydrogen-bond acceptors (Lipinski definition) is 2. The highest BCUT2D eigenvalue weighted by Crippen LogP contribution is 2.17. The molecule has 86 valence electrons. The van der Waals surface area contributed by atoms with Gasteiger partial charge in [-0.1, -0.05) is 18.2 Å². The highest BCUT2D eigenvalue weighted by molar-refractivity contribution is 5.88. The maximum absolute atomic E-state index is 10.7. The lowest BCUT2D eigenvalue weighted by Crippen LogP contribution is -2.20. The zero-order valence-corrected chi connectivity index (χ0v) is 8.77. The normalized spacial score (nSPS) is 9.75. The molecule has 16 heavy (non-hydrogen) atoms. The first-order valence-electron chi connectivity index (χ1n) is 4.95. The molecule has 0 atom stereocenters. The number of rotatable bonds is 5. The fraction of sp³-hybridized carbons (Fsp3) is 0.273. The van der Waals surface area contributed by atoms with E-state index in [1.54, 1.807) is 12.1 Å². The second kappa shape index (κ2) is 5.75. The van der Waals surface area contributed by atoms with E-state index < -0.39 is 12.0 Å². The van der Waals surface area contributed by atoms with Crippen LogP contribution in [0.4, 0.5) is 10.5 Å². The number of primary amides is 1. The van der Waals surface area contributed by atoms with Crippen LogP contribution in [0.25, 0.3) is 0 Å². The molecular formula is C11H14N2O3. The minimum atomic E-state index is -0.819. The third-order valence-corrected chi connectivity index (χ3v) is 2.11. The Balaban J connectivity index is 2.63. The number of nitrogens with two attached hydrogens (primary N) is 1. The summed E-state index contributed by atoms with van der Waals surface area (Å²) >= 11 is 0. The summed E-state index contributed by atoms with van der Waals surface area (Å²) in [5.74, 6) is -0.819. The van der Waals surface area contributed by atoms with Gasteiger partial charge in [-0.05, 0) is 24.5 Å². The van der Waals surface area contributed by atoms with Gasteiger partial charge in [0, 0.05) is 12.1 Å². The fourth-order valence-electron chi connectivity index (χ4n) is 1.42. The summed E-state index contributed by atoms with van der Waals surface area (Å²) in [5.41, 5.74) is 6.56. The van der Waals surface area contributed by atoms with Gasteiger partial charge in [-0.25, -0.2) is 4.79 Å². The lowest BCUT2D eigenvalue weighted by atomic mass is 10.1. The molecule has 4 N–H and O–H groups in total. The number of hydrogen-bond donors (Lipinski definition) is 3. The molecule has 1 aromatic rings. The highest BCUT2D eigenvalue weighted by atomic mass is 16.4. The zero-order valence-electron chi connectivity index (χ0n) is 8.77. The number of anilines is 1. The average Bonchev–Trinajstić information content (AvgIpc) is 2.19. The van der Waals surface area contributed by atoms with Crippen LogP contribution < -0.4 is 11.1 Å². The summed E-state index contributed by atoms with van der Waals surface area (Å²) in [7, 11) is 0. The molecule has 2 amide bonds. The van der Waals surface area contributed by atoms with Crippen LogP contribution in [0.3, 0.4) is 0 Å². The Hall–Kier alpha value is -2.04. The van der Waals surface area contributed by atoms with Crippen molar-refractivity contribution >= 4 is 17.7 Å². The van der Waals surface area contributed by atoms with Crippen LogP contribution in [0, 0.1) is 0 Å². The Bertz CT molecular complexity index is 391. The number of amides is 2. The fourth-order valence-corrected chi connectivity index (χ4v) is 1.42. The number of carboxylic acid groups (broad SMARTS) is 1. The number of nitrogens with one attached hydrogen (secondary N) is 1. The van der Waals surface area contributed by atoms with Crippen molar-refractivity contribution in [1.29, 1.82) is 0 Å². The van der Waals surface area contributed by atoms with Crippen molar-refractivity contribution in [3.05, 3.63) is 29.8 Å². The van der Waals surface area contributed by atoms with E-state index in [2.05, 4.69) is 5.32 Å². The largest absolute Gasteiger partial charge is 0.481 e. The first-order valence-corrected chi connectivity index (χ1v) is 4.95. The second-order valence-electron chi connectivity index (χ2n) is 3.39. The summed E-state index contributed by atoms with van der Waals surface area (Å²) in [6.07, 6.45) is 1.25. The molecular weight excluding hydrogens is 208 g/mol. The molecule has 0 aliphatic heterocycles. The van der Waals surface area contributed by atoms with E-state index in [-0.39, 0.29) is 6.42 Å². The topological polar surface area (TPSA) is 92.4 Å². The molecule has 0 spiro atoms. The van der Waals surface area contributed by atoms with Gasteiger partial charge in [-0.15, -0.1) is 0 Å². The van der Waals surface area contributed by atoms with E-state index >= 15 is 0 Å². The maximum Gasteiger partial charge on any atom is 0.316 e. The van der Waals surface area contributed by atoms with Crippen molar-refractivity contribution in [2.24, 2.45) is 5.73 Å². The molecule has 0 heterocycles. The van der Waals surface area contributed by atoms with Gasteiger partial charge in [0.25, 0.3) is 0 Å². The molecule has 0 fully saturated rings. The summed E-state index contributed by atoms with van der Waals surface area (Å²) in [6.45, 7) is 0. The monoisotopic (exact) mass is 222 g/mol. The van der Waals surface area contributed by atoms with E-state index in [0.29, 0.717) is 18.5 Å². The van der Waals surface area contributed by atoms with Crippen LogP contribution >= 0.6 is 0 Å². The van der Waals surface area contributed by atoms with Crippen LogP contribution in [0.2, 0.25) is 0 Å². The lowest BCUT2D eigenvalue weighted by Gasteiger charge is -2.08. The van der Waals surface area contributed by atoms with Gasteiger partial charge in [-0.2, -0.15) is 0 Å². The van der Waals surface area contributed by atoms with E-state index in [4.69, 9.17) is 10.8 Å². The number of carbonyl (C=O) groups is 2. The molecule has 0 radical (unpaired) electrons. The van der Waals surface area contributed by atoms with Crippen molar-refractivity contribution in [3.63, 3.8) is 0 Å². The van der Waals surface area contributed by atoms with Gasteiger partial charge in [0.15, 0.2) is 0 Å². The lowest BCUT2D eigenvalue weighted by molar-refractivity contribution is -0.137. The van der Waals surface area contributed by atoms with Crippen molar-refractivity contribution < 1.29 is 14.7 Å². The van der Waals surface area contributed by atoms with Gasteiger partial charge >= 0.3 is 12.0 Å². The highest BCUT2D eigenvalue weighted by Gasteiger charge is 2.04. The summed E-state index contributed by atoms with van der Waals surface area (Å²) in [5, 5.41) is 11.0. The summed E-state index contributed by atoms with van der Waals surface area (Å²) in [4.78, 5) is 21.1. The third-order valence-electron chi connectivity index (χ3n) is 2.11. The van der Waals surface area contributed by atoms with E-state index in [9.17, 15) is 9.59 Å². The standard InChI is InChI=1S/C11H14N2O3/c12-11(16)13-9-6-2-1-4-8(9)5-3-7-10(14)15/h1-2,4,6H,3,5,7H2,(H,14,15)(H3,12,13,16). The van der Waals surface area contributed by atoms with Crippen molar-refractivity contribution in [2.45, 2.75) is 19.3 Å². The average molecular weight is 222 g/mol. The predicted octanol–water partition coefficient (Wildman–Crippen LogP) is 1.58. The number of carbonyl (C=O) groups excluding carboxylic acids is 1. The quantitative estimate of drug-likeness (QED) is 0.706. The SMILES string of the molecule is NC(=O)Nc1ccccc1CCCC(=O)O. The van der Waals surface area contributed by atoms with Gasteiger partial charge in [0.1, 0.15) is 0 Å². The molecule has 1 rings (SSSR count). The molecule has 0 saturated heterocycles. The Labute approximate surface area is 93.3 Å². The molecule has 0 aliphatic carbocycles. The van der Waals surface area contributed by atoms with Crippen LogP contribution in [-0.2, 0) is 11.2 Å². The van der Waals surface area contributed by atoms with Crippen LogP contribution in [0.1, 0.15) is 18.4 Å². The summed E-state index contributed by atoms with van der Waals surface area (Å²) < 4.78 is 0. The first kappa shape index (κ1) is 12.0. The van der Waals surface area contributed by atoms with Crippen molar-refractivity contribution in [1.82, 2.24) is 0 Å². The van der Waals surface area contributed by atoms with Crippen molar-refractivity contribution in [2.75, 3.05) is 5.32 Å². The Kier molecular flexibility index (Phi) is 4.32. The van der Waals surface area contributed by atoms with Crippen LogP contribution in [-0.4, -0.2) is 17.1 Å². The van der Waals surface area contributed by atoms with E-state index in [1.807, 2.05) is 12.1 Å². The van der Waals surface area contributed by atoms with E-state index in [0.717, 1.165) is 5.56 Å². The number of aliphatic carboxylic acids is 1. The molecule has 0 aliphatic rings.